The molecule has 4 rings (SSSR count). The molecule has 3 aromatic rings. The maximum Gasteiger partial charge on any atom is 0.435 e. The van der Waals surface area contributed by atoms with Crippen molar-refractivity contribution >= 4 is 39.1 Å². The summed E-state index contributed by atoms with van der Waals surface area (Å²) in [6, 6.07) is 10.9. The van der Waals surface area contributed by atoms with E-state index in [9.17, 15) is 40.3 Å². The maximum absolute atomic E-state index is 15.5. The minimum Gasteiger partial charge on any atom is -0.321 e. The van der Waals surface area contributed by atoms with Gasteiger partial charge in [0.05, 0.1) is 23.5 Å². The van der Waals surface area contributed by atoms with E-state index in [1.54, 1.807) is 24.3 Å². The molecule has 13 heteroatoms. The Morgan fingerprint density at radius 2 is 1.62 bits per heavy atom. The first-order chi connectivity index (χ1) is 18.1. The molecule has 2 amide bonds. The molecule has 1 aliphatic rings. The van der Waals surface area contributed by atoms with Crippen LogP contribution in [0.1, 0.15) is 44.3 Å². The number of alkyl halides is 7. The Morgan fingerprint density at radius 3 is 2.21 bits per heavy atom. The smallest absolute Gasteiger partial charge is 0.321 e. The van der Waals surface area contributed by atoms with Crippen molar-refractivity contribution in [3.63, 3.8) is 0 Å². The third kappa shape index (κ3) is 4.77. The van der Waals surface area contributed by atoms with Crippen LogP contribution in [-0.2, 0) is 18.6 Å². The molecule has 0 fully saturated rings. The normalized spacial score (nSPS) is 14.0. The van der Waals surface area contributed by atoms with Gasteiger partial charge >= 0.3 is 18.0 Å². The fourth-order valence-corrected chi connectivity index (χ4v) is 4.90. The predicted molar refractivity (Wildman–Crippen MR) is 130 cm³/mol. The summed E-state index contributed by atoms with van der Waals surface area (Å²) >= 11 is 2.81. The fourth-order valence-electron chi connectivity index (χ4n) is 4.30. The second-order valence-corrected chi connectivity index (χ2v) is 9.50. The molecule has 1 heterocycles. The van der Waals surface area contributed by atoms with Crippen LogP contribution in [-0.4, -0.2) is 24.2 Å². The zero-order chi connectivity index (χ0) is 28.9. The van der Waals surface area contributed by atoms with E-state index in [4.69, 9.17) is 0 Å². The van der Waals surface area contributed by atoms with Gasteiger partial charge in [-0.1, -0.05) is 31.2 Å². The first kappa shape index (κ1) is 28.5. The summed E-state index contributed by atoms with van der Waals surface area (Å²) in [7, 11) is 0. The molecule has 3 aromatic carbocycles. The summed E-state index contributed by atoms with van der Waals surface area (Å²) in [5.74, 6) is -2.66. The number of halogens is 9. The monoisotopic (exact) mass is 620 g/mol. The highest BCUT2D eigenvalue weighted by Gasteiger charge is 2.73. The van der Waals surface area contributed by atoms with E-state index in [1.165, 1.54) is 19.1 Å². The predicted octanol–water partition coefficient (Wildman–Crippen LogP) is 7.85. The second kappa shape index (κ2) is 9.92. The van der Waals surface area contributed by atoms with Gasteiger partial charge in [0.15, 0.2) is 5.82 Å². The number of carbonyl (C=O) groups is 2. The standard InChI is InChI=1S/C26H17BrF8N2O2/c1-2-13-10-15(24(29,25(30,31)32)26(33,34)35)11-18(27)21(13)36-22(38)17-8-5-9-19(20(17)28)37-12-14-6-3-4-7-16(14)23(37)39/h3-11H,2,12H2,1H3,(H,36,38). The van der Waals surface area contributed by atoms with Crippen molar-refractivity contribution < 1.29 is 44.7 Å². The van der Waals surface area contributed by atoms with E-state index >= 15 is 4.39 Å². The largest absolute Gasteiger partial charge is 0.435 e. The van der Waals surface area contributed by atoms with Gasteiger partial charge in [-0.3, -0.25) is 9.59 Å². The minimum absolute atomic E-state index is 0.0490. The molecule has 0 saturated carbocycles. The SMILES string of the molecule is CCc1cc(C(F)(C(F)(F)F)C(F)(F)F)cc(Br)c1NC(=O)c1cccc(N2Cc3ccccc3C2=O)c1F. The van der Waals surface area contributed by atoms with Crippen molar-refractivity contribution in [1.29, 1.82) is 0 Å². The molecular formula is C26H17BrF8N2O2. The summed E-state index contributed by atoms with van der Waals surface area (Å²) < 4.78 is 109. The molecular weight excluding hydrogens is 604 g/mol. The minimum atomic E-state index is -6.32. The van der Waals surface area contributed by atoms with Gasteiger partial charge in [0.25, 0.3) is 11.8 Å². The molecule has 0 radical (unpaired) electrons. The first-order valence-corrected chi connectivity index (χ1v) is 12.1. The summed E-state index contributed by atoms with van der Waals surface area (Å²) in [4.78, 5) is 26.9. The highest BCUT2D eigenvalue weighted by molar-refractivity contribution is 9.10. The Kier molecular flexibility index (Phi) is 7.26. The van der Waals surface area contributed by atoms with E-state index < -0.39 is 51.3 Å². The molecule has 0 aliphatic carbocycles. The van der Waals surface area contributed by atoms with Crippen molar-refractivity contribution in [3.8, 4) is 0 Å². The van der Waals surface area contributed by atoms with E-state index in [2.05, 4.69) is 21.2 Å². The van der Waals surface area contributed by atoms with Crippen LogP contribution in [0.2, 0.25) is 0 Å². The van der Waals surface area contributed by atoms with Gasteiger partial charge < -0.3 is 10.2 Å². The number of nitrogens with one attached hydrogen (secondary N) is 1. The van der Waals surface area contributed by atoms with Crippen LogP contribution in [0.25, 0.3) is 0 Å². The lowest BCUT2D eigenvalue weighted by atomic mass is 9.91. The second-order valence-electron chi connectivity index (χ2n) is 8.64. The van der Waals surface area contributed by atoms with Crippen molar-refractivity contribution in [2.24, 2.45) is 0 Å². The lowest BCUT2D eigenvalue weighted by molar-refractivity contribution is -0.348. The molecule has 206 valence electrons. The molecule has 0 spiro atoms. The van der Waals surface area contributed by atoms with Crippen LogP contribution in [0.5, 0.6) is 0 Å². The van der Waals surface area contributed by atoms with E-state index in [1.807, 2.05) is 0 Å². The summed E-state index contributed by atoms with van der Waals surface area (Å²) in [5.41, 5.74) is -7.68. The number of anilines is 2. The number of rotatable bonds is 5. The lowest BCUT2D eigenvalue weighted by Gasteiger charge is -2.31. The Bertz CT molecular complexity index is 1460. The number of amides is 2. The summed E-state index contributed by atoms with van der Waals surface area (Å²) in [5, 5.41) is 2.27. The first-order valence-electron chi connectivity index (χ1n) is 11.3. The van der Waals surface area contributed by atoms with Crippen molar-refractivity contribution in [2.45, 2.75) is 37.9 Å². The Morgan fingerprint density at radius 1 is 0.974 bits per heavy atom. The van der Waals surface area contributed by atoms with Crippen molar-refractivity contribution in [2.75, 3.05) is 10.2 Å². The van der Waals surface area contributed by atoms with Crippen LogP contribution in [0.4, 0.5) is 46.5 Å². The van der Waals surface area contributed by atoms with E-state index in [0.29, 0.717) is 17.2 Å². The number of benzene rings is 3. The van der Waals surface area contributed by atoms with Crippen LogP contribution in [0, 0.1) is 5.82 Å². The maximum atomic E-state index is 15.5. The molecule has 4 nitrogen and oxygen atoms in total. The van der Waals surface area contributed by atoms with Gasteiger partial charge in [-0.05, 0) is 63.8 Å². The molecule has 0 atom stereocenters. The topological polar surface area (TPSA) is 49.4 Å². The van der Waals surface area contributed by atoms with Gasteiger partial charge in [0, 0.05) is 15.6 Å². The number of aryl methyl sites for hydroxylation is 1. The molecule has 1 aliphatic heterocycles. The quantitative estimate of drug-likeness (QED) is 0.295. The average Bonchev–Trinajstić information content (AvgIpc) is 3.19. The molecule has 0 aromatic heterocycles. The molecule has 0 unspecified atom stereocenters. The lowest BCUT2D eigenvalue weighted by Crippen LogP contribution is -2.50. The van der Waals surface area contributed by atoms with Crippen LogP contribution in [0.3, 0.4) is 0 Å². The van der Waals surface area contributed by atoms with Crippen LogP contribution in [0.15, 0.2) is 59.1 Å². The highest BCUT2D eigenvalue weighted by Crippen LogP contribution is 2.54. The Hall–Kier alpha value is -3.48. The molecule has 1 N–H and O–H groups in total. The fraction of sp³-hybridized carbons (Fsp3) is 0.231. The van der Waals surface area contributed by atoms with Gasteiger partial charge in [-0.2, -0.15) is 26.3 Å². The Labute approximate surface area is 224 Å². The zero-order valence-electron chi connectivity index (χ0n) is 19.8. The number of fused-ring (bicyclic) bond motifs is 1. The van der Waals surface area contributed by atoms with Crippen molar-refractivity contribution in [3.05, 3.63) is 92.7 Å². The molecule has 0 bridgehead atoms. The summed E-state index contributed by atoms with van der Waals surface area (Å²) in [6.07, 6.45) is -12.9. The van der Waals surface area contributed by atoms with Gasteiger partial charge in [0.1, 0.15) is 0 Å². The van der Waals surface area contributed by atoms with Gasteiger partial charge in [0.2, 0.25) is 0 Å². The number of nitrogens with zero attached hydrogens (tertiary/aromatic N) is 1. The summed E-state index contributed by atoms with van der Waals surface area (Å²) in [6.45, 7) is 1.41. The zero-order valence-corrected chi connectivity index (χ0v) is 21.4. The van der Waals surface area contributed by atoms with E-state index in [0.717, 1.165) is 11.0 Å². The average molecular weight is 621 g/mol. The third-order valence-electron chi connectivity index (χ3n) is 6.31. The van der Waals surface area contributed by atoms with Gasteiger partial charge in [-0.15, -0.1) is 0 Å². The van der Waals surface area contributed by atoms with E-state index in [-0.39, 0.29) is 36.0 Å². The third-order valence-corrected chi connectivity index (χ3v) is 6.93. The highest BCUT2D eigenvalue weighted by atomic mass is 79.9. The van der Waals surface area contributed by atoms with Crippen molar-refractivity contribution in [1.82, 2.24) is 0 Å². The number of hydrogen-bond donors (Lipinski definition) is 1. The molecule has 0 saturated heterocycles. The molecule has 39 heavy (non-hydrogen) atoms. The number of carbonyl (C=O) groups excluding carboxylic acids is 2. The van der Waals surface area contributed by atoms with Gasteiger partial charge in [-0.25, -0.2) is 8.78 Å². The number of hydrogen-bond acceptors (Lipinski definition) is 2. The van der Waals surface area contributed by atoms with Crippen LogP contribution >= 0.6 is 15.9 Å². The Balaban J connectivity index is 1.69. The van der Waals surface area contributed by atoms with Crippen LogP contribution < -0.4 is 10.2 Å².